The maximum Gasteiger partial charge on any atom is 0.225 e. The highest BCUT2D eigenvalue weighted by Gasteiger charge is 2.08. The Balaban J connectivity index is 2.76. The Bertz CT molecular complexity index is 429. The van der Waals surface area contributed by atoms with E-state index in [9.17, 15) is 9.90 Å². The van der Waals surface area contributed by atoms with Crippen LogP contribution >= 0.6 is 23.2 Å². The summed E-state index contributed by atoms with van der Waals surface area (Å²) in [6, 6.07) is 2.83. The Labute approximate surface area is 103 Å². The number of carbonyl (C=O) groups is 1. The molecule has 0 spiro atoms. The third-order valence-corrected chi connectivity index (χ3v) is 2.37. The van der Waals surface area contributed by atoms with Gasteiger partial charge in [0.25, 0.3) is 0 Å². The second-order valence-electron chi connectivity index (χ2n) is 3.04. The molecule has 1 amide bonds. The number of phenols is 1. The highest BCUT2D eigenvalue weighted by Crippen LogP contribution is 2.34. The molecule has 0 aliphatic rings. The summed E-state index contributed by atoms with van der Waals surface area (Å²) >= 11 is 11.4. The molecule has 0 fully saturated rings. The van der Waals surface area contributed by atoms with Crippen molar-refractivity contribution in [2.75, 3.05) is 5.32 Å². The zero-order valence-corrected chi connectivity index (χ0v) is 9.77. The molecule has 0 aliphatic heterocycles. The molecule has 5 heteroatoms. The average molecular weight is 258 g/mol. The van der Waals surface area contributed by atoms with E-state index in [0.717, 1.165) is 0 Å². The van der Waals surface area contributed by atoms with Crippen molar-refractivity contribution in [3.63, 3.8) is 0 Å². The second kappa shape index (κ2) is 5.64. The van der Waals surface area contributed by atoms with Crippen LogP contribution in [0.1, 0.15) is 12.8 Å². The van der Waals surface area contributed by atoms with E-state index in [1.807, 2.05) is 0 Å². The van der Waals surface area contributed by atoms with Crippen LogP contribution < -0.4 is 5.32 Å². The van der Waals surface area contributed by atoms with Gasteiger partial charge in [0.15, 0.2) is 5.75 Å². The first-order valence-electron chi connectivity index (χ1n) is 4.46. The fourth-order valence-electron chi connectivity index (χ4n) is 1.05. The number of anilines is 1. The van der Waals surface area contributed by atoms with Crippen LogP contribution in [0.15, 0.2) is 12.1 Å². The second-order valence-corrected chi connectivity index (χ2v) is 3.86. The van der Waals surface area contributed by atoms with E-state index in [2.05, 4.69) is 11.2 Å². The summed E-state index contributed by atoms with van der Waals surface area (Å²) in [6.45, 7) is 0. The molecule has 1 rings (SSSR count). The van der Waals surface area contributed by atoms with E-state index in [1.165, 1.54) is 12.1 Å². The molecule has 0 radical (unpaired) electrons. The van der Waals surface area contributed by atoms with Gasteiger partial charge in [-0.2, -0.15) is 0 Å². The van der Waals surface area contributed by atoms with Crippen molar-refractivity contribution < 1.29 is 9.90 Å². The number of nitrogens with one attached hydrogen (secondary N) is 1. The number of terminal acetylenes is 1. The lowest BCUT2D eigenvalue weighted by Gasteiger charge is -2.06. The molecule has 0 heterocycles. The van der Waals surface area contributed by atoms with Gasteiger partial charge in [-0.3, -0.25) is 4.79 Å². The van der Waals surface area contributed by atoms with Crippen LogP contribution in [0.2, 0.25) is 10.0 Å². The van der Waals surface area contributed by atoms with Crippen molar-refractivity contribution in [2.24, 2.45) is 0 Å². The molecule has 84 valence electrons. The van der Waals surface area contributed by atoms with Crippen LogP contribution in [0.25, 0.3) is 0 Å². The monoisotopic (exact) mass is 257 g/mol. The predicted octanol–water partition coefficient (Wildman–Crippen LogP) is 3.05. The Kier molecular flexibility index (Phi) is 4.48. The molecule has 1 aromatic rings. The minimum atomic E-state index is -0.226. The van der Waals surface area contributed by atoms with Gasteiger partial charge >= 0.3 is 0 Å². The van der Waals surface area contributed by atoms with Gasteiger partial charge in [-0.1, -0.05) is 23.2 Å². The number of rotatable bonds is 3. The quantitative estimate of drug-likeness (QED) is 0.646. The van der Waals surface area contributed by atoms with Gasteiger partial charge in [0.2, 0.25) is 5.91 Å². The van der Waals surface area contributed by atoms with Crippen molar-refractivity contribution in [3.05, 3.63) is 22.2 Å². The first kappa shape index (κ1) is 12.7. The van der Waals surface area contributed by atoms with Crippen molar-refractivity contribution >= 4 is 34.8 Å². The number of aromatic hydroxyl groups is 1. The molecule has 1 aromatic carbocycles. The molecule has 0 aromatic heterocycles. The standard InChI is InChI=1S/C11H9Cl2NO2/c1-2-3-4-10(15)14-7-5-8(12)11(16)9(13)6-7/h1,5-6,16H,3-4H2,(H,14,15). The molecule has 0 saturated carbocycles. The summed E-state index contributed by atoms with van der Waals surface area (Å²) in [5, 5.41) is 12.0. The molecule has 0 unspecified atom stereocenters. The van der Waals surface area contributed by atoms with E-state index in [4.69, 9.17) is 29.6 Å². The fraction of sp³-hybridized carbons (Fsp3) is 0.182. The summed E-state index contributed by atoms with van der Waals surface area (Å²) < 4.78 is 0. The molecule has 2 N–H and O–H groups in total. The Morgan fingerprint density at radius 2 is 2.00 bits per heavy atom. The van der Waals surface area contributed by atoms with E-state index < -0.39 is 0 Å². The van der Waals surface area contributed by atoms with Crippen LogP contribution in [0.3, 0.4) is 0 Å². The smallest absolute Gasteiger partial charge is 0.225 e. The average Bonchev–Trinajstić information content (AvgIpc) is 2.23. The zero-order chi connectivity index (χ0) is 12.1. The lowest BCUT2D eigenvalue weighted by atomic mass is 10.2. The summed E-state index contributed by atoms with van der Waals surface area (Å²) in [5.74, 6) is 1.93. The maximum absolute atomic E-state index is 11.3. The number of carbonyl (C=O) groups excluding carboxylic acids is 1. The number of hydrogen-bond donors (Lipinski definition) is 2. The van der Waals surface area contributed by atoms with E-state index in [0.29, 0.717) is 12.1 Å². The van der Waals surface area contributed by atoms with Gasteiger partial charge in [0.05, 0.1) is 10.0 Å². The lowest BCUT2D eigenvalue weighted by molar-refractivity contribution is -0.116. The van der Waals surface area contributed by atoms with Crippen LogP contribution in [0, 0.1) is 12.3 Å². The minimum Gasteiger partial charge on any atom is -0.505 e. The van der Waals surface area contributed by atoms with Crippen molar-refractivity contribution in [1.29, 1.82) is 0 Å². The van der Waals surface area contributed by atoms with E-state index in [1.54, 1.807) is 0 Å². The highest BCUT2D eigenvalue weighted by atomic mass is 35.5. The summed E-state index contributed by atoms with van der Waals surface area (Å²) in [5.41, 5.74) is 0.426. The largest absolute Gasteiger partial charge is 0.505 e. The van der Waals surface area contributed by atoms with Crippen molar-refractivity contribution in [1.82, 2.24) is 0 Å². The summed E-state index contributed by atoms with van der Waals surface area (Å²) in [4.78, 5) is 11.3. The van der Waals surface area contributed by atoms with Crippen LogP contribution in [-0.4, -0.2) is 11.0 Å². The van der Waals surface area contributed by atoms with Crippen molar-refractivity contribution in [3.8, 4) is 18.1 Å². The molecule has 0 bridgehead atoms. The molecular weight excluding hydrogens is 249 g/mol. The number of phenolic OH excluding ortho intramolecular Hbond substituents is 1. The number of benzene rings is 1. The summed E-state index contributed by atoms with van der Waals surface area (Å²) in [7, 11) is 0. The third kappa shape index (κ3) is 3.34. The van der Waals surface area contributed by atoms with Crippen molar-refractivity contribution in [2.45, 2.75) is 12.8 Å². The fourth-order valence-corrected chi connectivity index (χ4v) is 1.53. The maximum atomic E-state index is 11.3. The van der Waals surface area contributed by atoms with E-state index >= 15 is 0 Å². The topological polar surface area (TPSA) is 49.3 Å². The Morgan fingerprint density at radius 1 is 1.44 bits per heavy atom. The normalized spacial score (nSPS) is 9.56. The highest BCUT2D eigenvalue weighted by molar-refractivity contribution is 6.37. The van der Waals surface area contributed by atoms with Crippen LogP contribution in [0.4, 0.5) is 5.69 Å². The molecule has 16 heavy (non-hydrogen) atoms. The zero-order valence-electron chi connectivity index (χ0n) is 8.26. The molecule has 0 saturated heterocycles. The van der Waals surface area contributed by atoms with Gasteiger partial charge in [-0.05, 0) is 12.1 Å². The van der Waals surface area contributed by atoms with Gasteiger partial charge in [0, 0.05) is 18.5 Å². The van der Waals surface area contributed by atoms with Crippen LogP contribution in [0.5, 0.6) is 5.75 Å². The van der Waals surface area contributed by atoms with Gasteiger partial charge in [-0.15, -0.1) is 12.3 Å². The molecule has 0 aliphatic carbocycles. The first-order valence-corrected chi connectivity index (χ1v) is 5.21. The molecule has 3 nitrogen and oxygen atoms in total. The number of hydrogen-bond acceptors (Lipinski definition) is 2. The third-order valence-electron chi connectivity index (χ3n) is 1.80. The lowest BCUT2D eigenvalue weighted by Crippen LogP contribution is -2.10. The number of amides is 1. The summed E-state index contributed by atoms with van der Waals surface area (Å²) in [6.07, 6.45) is 5.63. The molecular formula is C11H9Cl2NO2. The van der Waals surface area contributed by atoms with Crippen LogP contribution in [-0.2, 0) is 4.79 Å². The van der Waals surface area contributed by atoms with Gasteiger partial charge in [-0.25, -0.2) is 0 Å². The van der Waals surface area contributed by atoms with E-state index in [-0.39, 0.29) is 28.1 Å². The van der Waals surface area contributed by atoms with Gasteiger partial charge < -0.3 is 10.4 Å². The Morgan fingerprint density at radius 3 is 2.50 bits per heavy atom. The van der Waals surface area contributed by atoms with Gasteiger partial charge in [0.1, 0.15) is 0 Å². The predicted molar refractivity (Wildman–Crippen MR) is 64.8 cm³/mol. The molecule has 0 atom stereocenters. The Hall–Kier alpha value is -1.37. The first-order chi connectivity index (χ1) is 7.54. The minimum absolute atomic E-state index is 0.0831. The SMILES string of the molecule is C#CCCC(=O)Nc1cc(Cl)c(O)c(Cl)c1. The number of halogens is 2.